The van der Waals surface area contributed by atoms with Gasteiger partial charge in [0.25, 0.3) is 0 Å². The highest BCUT2D eigenvalue weighted by atomic mass is 16.5. The van der Waals surface area contributed by atoms with Gasteiger partial charge in [-0.2, -0.15) is 0 Å². The zero-order valence-corrected chi connectivity index (χ0v) is 15.4. The molecule has 0 spiro atoms. The zero-order valence-electron chi connectivity index (χ0n) is 15.4. The quantitative estimate of drug-likeness (QED) is 0.624. The van der Waals surface area contributed by atoms with Crippen molar-refractivity contribution in [2.24, 2.45) is 0 Å². The first-order chi connectivity index (χ1) is 13.3. The van der Waals surface area contributed by atoms with Crippen molar-refractivity contribution < 1.29 is 9.53 Å². The number of benzene rings is 1. The lowest BCUT2D eigenvalue weighted by Gasteiger charge is -2.35. The number of hydrogen-bond acceptors (Lipinski definition) is 6. The van der Waals surface area contributed by atoms with Crippen LogP contribution in [-0.2, 0) is 4.79 Å². The van der Waals surface area contributed by atoms with E-state index in [0.29, 0.717) is 6.42 Å². The van der Waals surface area contributed by atoms with E-state index in [0.717, 1.165) is 67.5 Å². The Morgan fingerprint density at radius 1 is 1.15 bits per heavy atom. The minimum atomic E-state index is 0.594. The Hall–Kier alpha value is -2.93. The van der Waals surface area contributed by atoms with Crippen LogP contribution in [0.4, 0.5) is 5.82 Å². The van der Waals surface area contributed by atoms with Crippen LogP contribution in [-0.4, -0.2) is 65.4 Å². The fourth-order valence-electron chi connectivity index (χ4n) is 3.60. The Kier molecular flexibility index (Phi) is 5.02. The lowest BCUT2D eigenvalue weighted by atomic mass is 10.1. The predicted molar refractivity (Wildman–Crippen MR) is 104 cm³/mol. The van der Waals surface area contributed by atoms with E-state index in [1.54, 1.807) is 7.11 Å². The van der Waals surface area contributed by atoms with E-state index in [9.17, 15) is 4.79 Å². The monoisotopic (exact) mass is 365 g/mol. The molecular weight excluding hydrogens is 342 g/mol. The minimum Gasteiger partial charge on any atom is -0.496 e. The first kappa shape index (κ1) is 17.5. The van der Waals surface area contributed by atoms with E-state index in [4.69, 9.17) is 4.74 Å². The van der Waals surface area contributed by atoms with Crippen LogP contribution in [0, 0.1) is 0 Å². The summed E-state index contributed by atoms with van der Waals surface area (Å²) in [6, 6.07) is 7.95. The zero-order chi connectivity index (χ0) is 18.6. The second-order valence-electron chi connectivity index (χ2n) is 6.57. The number of rotatable bonds is 6. The van der Waals surface area contributed by atoms with E-state index in [1.807, 2.05) is 42.9 Å². The normalized spacial score (nSPS) is 15.2. The number of nitrogens with zero attached hydrogens (tertiary/aromatic N) is 5. The Morgan fingerprint density at radius 3 is 2.74 bits per heavy atom. The molecule has 1 fully saturated rings. The Labute approximate surface area is 158 Å². The van der Waals surface area contributed by atoms with Crippen molar-refractivity contribution in [1.29, 1.82) is 0 Å². The van der Waals surface area contributed by atoms with Crippen LogP contribution in [0.15, 0.2) is 42.9 Å². The number of hydrogen-bond donors (Lipinski definition) is 0. The fraction of sp³-hybridized carbons (Fsp3) is 0.350. The molecule has 1 aliphatic rings. The molecule has 7 nitrogen and oxygen atoms in total. The third kappa shape index (κ3) is 3.38. The Bertz CT molecular complexity index is 931. The van der Waals surface area contributed by atoms with Crippen molar-refractivity contribution in [2.45, 2.75) is 6.42 Å². The largest absolute Gasteiger partial charge is 0.496 e. The van der Waals surface area contributed by atoms with Gasteiger partial charge in [-0.3, -0.25) is 9.30 Å². The fourth-order valence-corrected chi connectivity index (χ4v) is 3.60. The number of para-hydroxylation sites is 1. The molecule has 140 valence electrons. The second-order valence-corrected chi connectivity index (χ2v) is 6.57. The first-order valence-corrected chi connectivity index (χ1v) is 9.18. The third-order valence-electron chi connectivity index (χ3n) is 5.03. The number of piperazine rings is 1. The van der Waals surface area contributed by atoms with Crippen LogP contribution >= 0.6 is 0 Å². The summed E-state index contributed by atoms with van der Waals surface area (Å²) in [6.45, 7) is 4.44. The summed E-state index contributed by atoms with van der Waals surface area (Å²) in [5.74, 6) is 1.72. The van der Waals surface area contributed by atoms with E-state index in [1.165, 1.54) is 0 Å². The van der Waals surface area contributed by atoms with Crippen LogP contribution in [0.25, 0.3) is 16.9 Å². The van der Waals surface area contributed by atoms with Crippen molar-refractivity contribution in [3.63, 3.8) is 0 Å². The molecule has 3 heterocycles. The molecule has 0 amide bonds. The number of carbonyl (C=O) groups excluding carboxylic acids is 1. The molecule has 0 bridgehead atoms. The van der Waals surface area contributed by atoms with Crippen molar-refractivity contribution >= 4 is 17.8 Å². The summed E-state index contributed by atoms with van der Waals surface area (Å²) in [5, 5.41) is 0. The van der Waals surface area contributed by atoms with Gasteiger partial charge in [0.1, 0.15) is 12.0 Å². The van der Waals surface area contributed by atoms with Crippen LogP contribution in [0.3, 0.4) is 0 Å². The molecule has 0 saturated carbocycles. The van der Waals surface area contributed by atoms with Gasteiger partial charge in [-0.15, -0.1) is 0 Å². The van der Waals surface area contributed by atoms with Gasteiger partial charge < -0.3 is 14.4 Å². The number of aldehydes is 1. The van der Waals surface area contributed by atoms with E-state index >= 15 is 0 Å². The first-order valence-electron chi connectivity index (χ1n) is 9.18. The van der Waals surface area contributed by atoms with Crippen molar-refractivity contribution in [3.05, 3.63) is 42.9 Å². The molecular formula is C20H23N5O2. The lowest BCUT2D eigenvalue weighted by molar-refractivity contribution is -0.108. The van der Waals surface area contributed by atoms with Gasteiger partial charge in [0.2, 0.25) is 0 Å². The number of fused-ring (bicyclic) bond motifs is 1. The highest BCUT2D eigenvalue weighted by molar-refractivity contribution is 5.74. The van der Waals surface area contributed by atoms with Gasteiger partial charge in [-0.05, 0) is 12.1 Å². The maximum Gasteiger partial charge on any atom is 0.180 e. The molecule has 0 N–H and O–H groups in total. The van der Waals surface area contributed by atoms with Gasteiger partial charge in [0.15, 0.2) is 11.5 Å². The molecule has 1 aromatic carbocycles. The molecule has 3 aromatic rings. The van der Waals surface area contributed by atoms with Gasteiger partial charge in [0, 0.05) is 57.1 Å². The van der Waals surface area contributed by atoms with Crippen LogP contribution in [0.2, 0.25) is 0 Å². The van der Waals surface area contributed by atoms with Gasteiger partial charge in [-0.1, -0.05) is 12.1 Å². The molecule has 0 aliphatic carbocycles. The third-order valence-corrected chi connectivity index (χ3v) is 5.03. The summed E-state index contributed by atoms with van der Waals surface area (Å²) in [4.78, 5) is 24.4. The standard InChI is InChI=1S/C20H23N5O2/c1-27-18-6-3-2-5-16(18)17-15-22-20-19(21-7-9-25(17)20)24-12-10-23(11-13-24)8-4-14-26/h2-3,5-7,9,14-15H,4,8,10-13H2,1H3. The molecule has 27 heavy (non-hydrogen) atoms. The average Bonchev–Trinajstić information content (AvgIpc) is 3.16. The molecule has 1 aliphatic heterocycles. The van der Waals surface area contributed by atoms with Crippen LogP contribution < -0.4 is 9.64 Å². The second kappa shape index (κ2) is 7.75. The summed E-state index contributed by atoms with van der Waals surface area (Å²) in [5.41, 5.74) is 2.83. The SMILES string of the molecule is COc1ccccc1-c1cnc2c(N3CCN(CCC=O)CC3)nccn12. The topological polar surface area (TPSA) is 63.0 Å². The number of ether oxygens (including phenoxy) is 1. The molecule has 2 aromatic heterocycles. The number of methoxy groups -OCH3 is 1. The summed E-state index contributed by atoms with van der Waals surface area (Å²) < 4.78 is 7.58. The number of imidazole rings is 1. The molecule has 0 radical (unpaired) electrons. The summed E-state index contributed by atoms with van der Waals surface area (Å²) in [6.07, 6.45) is 7.21. The van der Waals surface area contributed by atoms with E-state index < -0.39 is 0 Å². The van der Waals surface area contributed by atoms with Crippen molar-refractivity contribution in [3.8, 4) is 17.0 Å². The van der Waals surface area contributed by atoms with Gasteiger partial charge >= 0.3 is 0 Å². The van der Waals surface area contributed by atoms with Crippen molar-refractivity contribution in [2.75, 3.05) is 44.7 Å². The molecule has 0 atom stereocenters. The smallest absolute Gasteiger partial charge is 0.180 e. The predicted octanol–water partition coefficient (Wildman–Crippen LogP) is 2.12. The Morgan fingerprint density at radius 2 is 1.96 bits per heavy atom. The van der Waals surface area contributed by atoms with Crippen molar-refractivity contribution in [1.82, 2.24) is 19.3 Å². The van der Waals surface area contributed by atoms with Gasteiger partial charge in [-0.25, -0.2) is 9.97 Å². The highest BCUT2D eigenvalue weighted by Gasteiger charge is 2.21. The average molecular weight is 365 g/mol. The maximum atomic E-state index is 10.6. The van der Waals surface area contributed by atoms with Gasteiger partial charge in [0.05, 0.1) is 19.0 Å². The molecule has 0 unspecified atom stereocenters. The summed E-state index contributed by atoms with van der Waals surface area (Å²) >= 11 is 0. The number of carbonyl (C=O) groups is 1. The molecule has 1 saturated heterocycles. The van der Waals surface area contributed by atoms with Crippen LogP contribution in [0.5, 0.6) is 5.75 Å². The molecule has 7 heteroatoms. The Balaban J connectivity index is 1.63. The summed E-state index contributed by atoms with van der Waals surface area (Å²) in [7, 11) is 1.68. The highest BCUT2D eigenvalue weighted by Crippen LogP contribution is 2.31. The number of aromatic nitrogens is 3. The van der Waals surface area contributed by atoms with E-state index in [-0.39, 0.29) is 0 Å². The minimum absolute atomic E-state index is 0.594. The maximum absolute atomic E-state index is 10.6. The van der Waals surface area contributed by atoms with Crippen LogP contribution in [0.1, 0.15) is 6.42 Å². The number of anilines is 1. The van der Waals surface area contributed by atoms with E-state index in [2.05, 4.69) is 24.2 Å². The molecule has 4 rings (SSSR count). The lowest BCUT2D eigenvalue weighted by Crippen LogP contribution is -2.47.